The molecule has 1 N–H and O–H groups in total. The molecule has 0 radical (unpaired) electrons. The highest BCUT2D eigenvalue weighted by molar-refractivity contribution is 5.51. The minimum Gasteiger partial charge on any atom is -0.507 e. The molecule has 3 aliphatic heterocycles. The van der Waals surface area contributed by atoms with E-state index in [9.17, 15) is 5.11 Å². The summed E-state index contributed by atoms with van der Waals surface area (Å²) in [7, 11) is 2.25. The molecule has 1 aromatic carbocycles. The lowest BCUT2D eigenvalue weighted by molar-refractivity contribution is 0.173. The number of likely N-dealkylation sites (tertiary alicyclic amines) is 1. The van der Waals surface area contributed by atoms with Crippen LogP contribution in [0.2, 0.25) is 0 Å². The van der Waals surface area contributed by atoms with Gasteiger partial charge in [-0.3, -0.25) is 9.80 Å². The molecule has 2 saturated heterocycles. The third kappa shape index (κ3) is 2.34. The molecule has 0 spiro atoms. The van der Waals surface area contributed by atoms with Gasteiger partial charge < -0.3 is 14.6 Å². The van der Waals surface area contributed by atoms with Crippen LogP contribution in [0.4, 0.5) is 0 Å². The average Bonchev–Trinajstić information content (AvgIpc) is 2.98. The SMILES string of the molecule is CN1C2CCC1CN(Cc1cc3c(cc1O)OCO3)CC2. The van der Waals surface area contributed by atoms with Gasteiger partial charge in [-0.2, -0.15) is 0 Å². The van der Waals surface area contributed by atoms with Crippen LogP contribution in [0.25, 0.3) is 0 Å². The number of rotatable bonds is 2. The van der Waals surface area contributed by atoms with Crippen molar-refractivity contribution in [1.29, 1.82) is 0 Å². The molecule has 21 heavy (non-hydrogen) atoms. The van der Waals surface area contributed by atoms with E-state index in [1.165, 1.54) is 19.3 Å². The Morgan fingerprint density at radius 3 is 2.76 bits per heavy atom. The number of fused-ring (bicyclic) bond motifs is 3. The number of benzene rings is 1. The van der Waals surface area contributed by atoms with Gasteiger partial charge in [0.1, 0.15) is 5.75 Å². The molecule has 2 bridgehead atoms. The summed E-state index contributed by atoms with van der Waals surface area (Å²) in [4.78, 5) is 5.00. The first kappa shape index (κ1) is 13.2. The third-order valence-corrected chi connectivity index (χ3v) is 5.20. The van der Waals surface area contributed by atoms with Crippen LogP contribution >= 0.6 is 0 Å². The third-order valence-electron chi connectivity index (χ3n) is 5.20. The van der Waals surface area contributed by atoms with E-state index in [-0.39, 0.29) is 6.79 Å². The van der Waals surface area contributed by atoms with Crippen molar-refractivity contribution in [2.24, 2.45) is 0 Å². The number of hydrogen-bond acceptors (Lipinski definition) is 5. The molecule has 0 saturated carbocycles. The van der Waals surface area contributed by atoms with Crippen molar-refractivity contribution < 1.29 is 14.6 Å². The first-order valence-corrected chi connectivity index (χ1v) is 7.76. The molecule has 0 aliphatic carbocycles. The molecular formula is C16H22N2O3. The van der Waals surface area contributed by atoms with Gasteiger partial charge in [0.15, 0.2) is 11.5 Å². The van der Waals surface area contributed by atoms with Crippen molar-refractivity contribution in [3.8, 4) is 17.2 Å². The van der Waals surface area contributed by atoms with Gasteiger partial charge >= 0.3 is 0 Å². The smallest absolute Gasteiger partial charge is 0.231 e. The van der Waals surface area contributed by atoms with E-state index in [1.54, 1.807) is 6.07 Å². The predicted molar refractivity (Wildman–Crippen MR) is 78.7 cm³/mol. The fourth-order valence-electron chi connectivity index (χ4n) is 3.86. The zero-order valence-electron chi connectivity index (χ0n) is 12.4. The average molecular weight is 290 g/mol. The Kier molecular flexibility index (Phi) is 3.19. The van der Waals surface area contributed by atoms with Gasteiger partial charge in [-0.15, -0.1) is 0 Å². The van der Waals surface area contributed by atoms with E-state index in [4.69, 9.17) is 9.47 Å². The number of aromatic hydroxyl groups is 1. The Bertz CT molecular complexity index is 549. The standard InChI is InChI=1S/C16H22N2O3/c1-17-12-2-3-13(17)9-18(5-4-12)8-11-6-15-16(7-14(11)19)21-10-20-15/h6-7,12-13,19H,2-5,8-10H2,1H3. The number of phenols is 1. The van der Waals surface area contributed by atoms with Gasteiger partial charge in [-0.05, 0) is 32.4 Å². The monoisotopic (exact) mass is 290 g/mol. The second kappa shape index (κ2) is 5.07. The summed E-state index contributed by atoms with van der Waals surface area (Å²) in [6, 6.07) is 5.00. The zero-order valence-corrected chi connectivity index (χ0v) is 12.4. The molecule has 5 heteroatoms. The van der Waals surface area contributed by atoms with Crippen molar-refractivity contribution >= 4 is 0 Å². The summed E-state index contributed by atoms with van der Waals surface area (Å²) in [6.07, 6.45) is 3.85. The highest BCUT2D eigenvalue weighted by atomic mass is 16.7. The fourth-order valence-corrected chi connectivity index (χ4v) is 3.86. The summed E-state index contributed by atoms with van der Waals surface area (Å²) in [5, 5.41) is 10.2. The Labute approximate surface area is 125 Å². The lowest BCUT2D eigenvalue weighted by Crippen LogP contribution is -2.36. The van der Waals surface area contributed by atoms with Crippen LogP contribution in [0.3, 0.4) is 0 Å². The molecule has 4 rings (SSSR count). The van der Waals surface area contributed by atoms with Crippen molar-refractivity contribution in [2.75, 3.05) is 26.9 Å². The van der Waals surface area contributed by atoms with Gasteiger partial charge in [-0.25, -0.2) is 0 Å². The van der Waals surface area contributed by atoms with Crippen molar-refractivity contribution in [3.63, 3.8) is 0 Å². The van der Waals surface area contributed by atoms with Crippen LogP contribution in [0.1, 0.15) is 24.8 Å². The molecule has 0 aromatic heterocycles. The number of likely N-dealkylation sites (N-methyl/N-ethyl adjacent to an activating group) is 1. The second-order valence-corrected chi connectivity index (χ2v) is 6.41. The minimum atomic E-state index is 0.247. The van der Waals surface area contributed by atoms with Crippen LogP contribution < -0.4 is 9.47 Å². The lowest BCUT2D eigenvalue weighted by Gasteiger charge is -2.26. The van der Waals surface area contributed by atoms with E-state index in [2.05, 4.69) is 16.8 Å². The van der Waals surface area contributed by atoms with E-state index >= 15 is 0 Å². The van der Waals surface area contributed by atoms with Crippen LogP contribution in [0.5, 0.6) is 17.2 Å². The first-order valence-electron chi connectivity index (χ1n) is 7.76. The van der Waals surface area contributed by atoms with Crippen LogP contribution in [-0.4, -0.2) is 53.9 Å². The molecule has 5 nitrogen and oxygen atoms in total. The molecular weight excluding hydrogens is 268 g/mol. The molecule has 3 heterocycles. The normalized spacial score (nSPS) is 28.8. The quantitative estimate of drug-likeness (QED) is 0.899. The van der Waals surface area contributed by atoms with E-state index < -0.39 is 0 Å². The van der Waals surface area contributed by atoms with Crippen molar-refractivity contribution in [3.05, 3.63) is 17.7 Å². The zero-order chi connectivity index (χ0) is 14.4. The number of phenolic OH excluding ortho intramolecular Hbond substituents is 1. The molecule has 3 aliphatic rings. The van der Waals surface area contributed by atoms with Crippen LogP contribution in [-0.2, 0) is 6.54 Å². The Hall–Kier alpha value is -1.46. The Balaban J connectivity index is 1.51. The summed E-state index contributed by atoms with van der Waals surface area (Å²) in [5.74, 6) is 1.70. The molecule has 114 valence electrons. The molecule has 1 aromatic rings. The Morgan fingerprint density at radius 1 is 1.14 bits per heavy atom. The second-order valence-electron chi connectivity index (χ2n) is 6.41. The van der Waals surface area contributed by atoms with E-state index in [1.807, 2.05) is 6.07 Å². The summed E-state index contributed by atoms with van der Waals surface area (Å²) < 4.78 is 10.7. The minimum absolute atomic E-state index is 0.247. The summed E-state index contributed by atoms with van der Waals surface area (Å²) in [6.45, 7) is 3.20. The Morgan fingerprint density at radius 2 is 1.90 bits per heavy atom. The number of hydrogen-bond donors (Lipinski definition) is 1. The molecule has 2 unspecified atom stereocenters. The topological polar surface area (TPSA) is 45.2 Å². The maximum atomic E-state index is 10.2. The number of nitrogens with zero attached hydrogens (tertiary/aromatic N) is 2. The van der Waals surface area contributed by atoms with Gasteiger partial charge in [-0.1, -0.05) is 0 Å². The van der Waals surface area contributed by atoms with E-state index in [0.29, 0.717) is 17.5 Å². The van der Waals surface area contributed by atoms with Crippen molar-refractivity contribution in [1.82, 2.24) is 9.80 Å². The lowest BCUT2D eigenvalue weighted by atomic mass is 10.1. The molecule has 0 amide bonds. The largest absolute Gasteiger partial charge is 0.507 e. The highest BCUT2D eigenvalue weighted by Crippen LogP contribution is 2.38. The molecule has 2 fully saturated rings. The van der Waals surface area contributed by atoms with Gasteiger partial charge in [0, 0.05) is 43.3 Å². The maximum absolute atomic E-state index is 10.2. The van der Waals surface area contributed by atoms with Gasteiger partial charge in [0.2, 0.25) is 6.79 Å². The predicted octanol–water partition coefficient (Wildman–Crippen LogP) is 1.79. The fraction of sp³-hybridized carbons (Fsp3) is 0.625. The first-order chi connectivity index (χ1) is 10.2. The van der Waals surface area contributed by atoms with Crippen molar-refractivity contribution in [2.45, 2.75) is 37.9 Å². The van der Waals surface area contributed by atoms with Gasteiger partial charge in [0.05, 0.1) is 0 Å². The highest BCUT2D eigenvalue weighted by Gasteiger charge is 2.34. The van der Waals surface area contributed by atoms with Crippen LogP contribution in [0.15, 0.2) is 12.1 Å². The summed E-state index contributed by atoms with van der Waals surface area (Å²) in [5.41, 5.74) is 0.930. The van der Waals surface area contributed by atoms with Crippen LogP contribution in [0, 0.1) is 0 Å². The number of ether oxygens (including phenoxy) is 2. The summed E-state index contributed by atoms with van der Waals surface area (Å²) >= 11 is 0. The maximum Gasteiger partial charge on any atom is 0.231 e. The van der Waals surface area contributed by atoms with E-state index in [0.717, 1.165) is 37.0 Å². The molecule has 2 atom stereocenters. The van der Waals surface area contributed by atoms with Gasteiger partial charge in [0.25, 0.3) is 0 Å².